The Bertz CT molecular complexity index is 509. The average Bonchev–Trinajstić information content (AvgIpc) is 2.18. The van der Waals surface area contributed by atoms with Gasteiger partial charge in [-0.2, -0.15) is 0 Å². The Morgan fingerprint density at radius 1 is 1.33 bits per heavy atom. The summed E-state index contributed by atoms with van der Waals surface area (Å²) in [6, 6.07) is 7.26. The van der Waals surface area contributed by atoms with E-state index in [9.17, 15) is 4.79 Å². The Morgan fingerprint density at radius 2 is 2.07 bits per heavy atom. The summed E-state index contributed by atoms with van der Waals surface area (Å²) in [6.45, 7) is 0.487. The number of aromatic amines is 1. The molecule has 0 aliphatic heterocycles. The van der Waals surface area contributed by atoms with Gasteiger partial charge in [-0.05, 0) is 18.7 Å². The maximum Gasteiger partial charge on any atom is 0.258 e. The lowest BCUT2D eigenvalue weighted by atomic mass is 10.2. The summed E-state index contributed by atoms with van der Waals surface area (Å²) in [5, 5.41) is 0.619. The number of aromatic nitrogens is 2. The van der Waals surface area contributed by atoms with Crippen molar-refractivity contribution in [1.82, 2.24) is 9.97 Å². The SMILES string of the molecule is Cl.NCCc1nc2ccccc2c(=O)[nH]1. The highest BCUT2D eigenvalue weighted by atomic mass is 35.5. The van der Waals surface area contributed by atoms with E-state index in [0.29, 0.717) is 24.2 Å². The third-order valence-electron chi connectivity index (χ3n) is 2.04. The Labute approximate surface area is 92.9 Å². The number of nitrogens with zero attached hydrogens (tertiary/aromatic N) is 1. The van der Waals surface area contributed by atoms with Crippen molar-refractivity contribution >= 4 is 23.3 Å². The van der Waals surface area contributed by atoms with Gasteiger partial charge in [0.15, 0.2) is 0 Å². The van der Waals surface area contributed by atoms with Gasteiger partial charge in [0.2, 0.25) is 0 Å². The molecule has 4 nitrogen and oxygen atoms in total. The van der Waals surface area contributed by atoms with Crippen LogP contribution in [0.15, 0.2) is 29.1 Å². The van der Waals surface area contributed by atoms with Gasteiger partial charge in [0.25, 0.3) is 5.56 Å². The van der Waals surface area contributed by atoms with Gasteiger partial charge in [-0.15, -0.1) is 12.4 Å². The van der Waals surface area contributed by atoms with Gasteiger partial charge in [0.05, 0.1) is 10.9 Å². The number of nitrogens with two attached hydrogens (primary N) is 1. The highest BCUT2D eigenvalue weighted by Gasteiger charge is 2.01. The minimum absolute atomic E-state index is 0. The maximum atomic E-state index is 11.5. The summed E-state index contributed by atoms with van der Waals surface area (Å²) >= 11 is 0. The lowest BCUT2D eigenvalue weighted by Crippen LogP contribution is -2.14. The molecule has 0 saturated carbocycles. The van der Waals surface area contributed by atoms with Crippen molar-refractivity contribution in [1.29, 1.82) is 0 Å². The quantitative estimate of drug-likeness (QED) is 0.796. The standard InChI is InChI=1S/C10H11N3O.ClH/c11-6-5-9-12-8-4-2-1-3-7(8)10(14)13-9;/h1-4H,5-6,11H2,(H,12,13,14);1H. The zero-order chi connectivity index (χ0) is 9.97. The van der Waals surface area contributed by atoms with Crippen LogP contribution in [0.3, 0.4) is 0 Å². The molecule has 3 N–H and O–H groups in total. The molecule has 0 atom stereocenters. The zero-order valence-corrected chi connectivity index (χ0v) is 8.88. The van der Waals surface area contributed by atoms with Crippen molar-refractivity contribution in [3.8, 4) is 0 Å². The predicted molar refractivity (Wildman–Crippen MR) is 62.4 cm³/mol. The molecule has 80 valence electrons. The molecule has 0 saturated heterocycles. The molecule has 0 fully saturated rings. The summed E-state index contributed by atoms with van der Waals surface area (Å²) < 4.78 is 0. The summed E-state index contributed by atoms with van der Waals surface area (Å²) in [5.41, 5.74) is 6.02. The van der Waals surface area contributed by atoms with Crippen LogP contribution in [0.4, 0.5) is 0 Å². The molecule has 0 spiro atoms. The average molecular weight is 226 g/mol. The van der Waals surface area contributed by atoms with Crippen molar-refractivity contribution in [2.24, 2.45) is 5.73 Å². The van der Waals surface area contributed by atoms with Gasteiger partial charge < -0.3 is 10.7 Å². The highest BCUT2D eigenvalue weighted by molar-refractivity contribution is 5.85. The van der Waals surface area contributed by atoms with Crippen LogP contribution in [0.5, 0.6) is 0 Å². The Hall–Kier alpha value is -1.39. The monoisotopic (exact) mass is 225 g/mol. The molecule has 0 unspecified atom stereocenters. The first-order chi connectivity index (χ1) is 6.81. The second-order valence-electron chi connectivity index (χ2n) is 3.07. The van der Waals surface area contributed by atoms with Gasteiger partial charge in [-0.3, -0.25) is 4.79 Å². The van der Waals surface area contributed by atoms with E-state index in [0.717, 1.165) is 5.52 Å². The van der Waals surface area contributed by atoms with Crippen LogP contribution < -0.4 is 11.3 Å². The number of hydrogen-bond acceptors (Lipinski definition) is 3. The van der Waals surface area contributed by atoms with E-state index >= 15 is 0 Å². The molecule has 1 heterocycles. The molecular weight excluding hydrogens is 214 g/mol. The number of fused-ring (bicyclic) bond motifs is 1. The van der Waals surface area contributed by atoms with E-state index in [1.165, 1.54) is 0 Å². The second kappa shape index (κ2) is 4.91. The van der Waals surface area contributed by atoms with Crippen LogP contribution >= 0.6 is 12.4 Å². The summed E-state index contributed by atoms with van der Waals surface area (Å²) in [7, 11) is 0. The van der Waals surface area contributed by atoms with Gasteiger partial charge in [-0.25, -0.2) is 4.98 Å². The molecule has 15 heavy (non-hydrogen) atoms. The Morgan fingerprint density at radius 3 is 2.80 bits per heavy atom. The highest BCUT2D eigenvalue weighted by Crippen LogP contribution is 2.05. The third kappa shape index (κ3) is 2.34. The number of hydrogen-bond donors (Lipinski definition) is 2. The summed E-state index contributed by atoms with van der Waals surface area (Å²) in [4.78, 5) is 18.5. The maximum absolute atomic E-state index is 11.5. The molecule has 0 bridgehead atoms. The van der Waals surface area contributed by atoms with E-state index < -0.39 is 0 Å². The number of H-pyrrole nitrogens is 1. The van der Waals surface area contributed by atoms with E-state index in [-0.39, 0.29) is 18.0 Å². The van der Waals surface area contributed by atoms with Crippen molar-refractivity contribution in [3.63, 3.8) is 0 Å². The van der Waals surface area contributed by atoms with Crippen LogP contribution in [0, 0.1) is 0 Å². The Kier molecular flexibility index (Phi) is 3.82. The number of para-hydroxylation sites is 1. The largest absolute Gasteiger partial charge is 0.330 e. The molecule has 2 rings (SSSR count). The van der Waals surface area contributed by atoms with Crippen molar-refractivity contribution in [2.45, 2.75) is 6.42 Å². The molecule has 5 heteroatoms. The van der Waals surface area contributed by atoms with Crippen LogP contribution in [0.1, 0.15) is 5.82 Å². The number of halogens is 1. The molecule has 0 aliphatic carbocycles. The molecule has 0 amide bonds. The predicted octanol–water partition coefficient (Wildman–Crippen LogP) is 0.846. The van der Waals surface area contributed by atoms with Crippen LogP contribution in [-0.4, -0.2) is 16.5 Å². The van der Waals surface area contributed by atoms with E-state index in [2.05, 4.69) is 9.97 Å². The van der Waals surface area contributed by atoms with Crippen molar-refractivity contribution in [2.75, 3.05) is 6.54 Å². The minimum Gasteiger partial charge on any atom is -0.330 e. The molecule has 1 aromatic carbocycles. The van der Waals surface area contributed by atoms with Crippen molar-refractivity contribution < 1.29 is 0 Å². The number of rotatable bonds is 2. The fraction of sp³-hybridized carbons (Fsp3) is 0.200. The molecule has 1 aromatic heterocycles. The van der Waals surface area contributed by atoms with Gasteiger partial charge in [-0.1, -0.05) is 12.1 Å². The van der Waals surface area contributed by atoms with Crippen LogP contribution in [-0.2, 0) is 6.42 Å². The lowest BCUT2D eigenvalue weighted by molar-refractivity contribution is 0.870. The van der Waals surface area contributed by atoms with Crippen LogP contribution in [0.25, 0.3) is 10.9 Å². The fourth-order valence-electron chi connectivity index (χ4n) is 1.39. The molecular formula is C10H12ClN3O. The van der Waals surface area contributed by atoms with Gasteiger partial charge in [0, 0.05) is 6.42 Å². The van der Waals surface area contributed by atoms with E-state index in [1.807, 2.05) is 18.2 Å². The van der Waals surface area contributed by atoms with Gasteiger partial charge >= 0.3 is 0 Å². The molecule has 2 aromatic rings. The first-order valence-electron chi connectivity index (χ1n) is 4.49. The number of nitrogens with one attached hydrogen (secondary N) is 1. The second-order valence-corrected chi connectivity index (χ2v) is 3.07. The minimum atomic E-state index is -0.0981. The Balaban J connectivity index is 0.00000112. The summed E-state index contributed by atoms with van der Waals surface area (Å²) in [5.74, 6) is 0.649. The summed E-state index contributed by atoms with van der Waals surface area (Å²) in [6.07, 6.45) is 0.597. The van der Waals surface area contributed by atoms with Gasteiger partial charge in [0.1, 0.15) is 5.82 Å². The van der Waals surface area contributed by atoms with E-state index in [4.69, 9.17) is 5.73 Å². The smallest absolute Gasteiger partial charge is 0.258 e. The normalized spacial score (nSPS) is 9.93. The first kappa shape index (κ1) is 11.7. The first-order valence-corrected chi connectivity index (χ1v) is 4.49. The third-order valence-corrected chi connectivity index (χ3v) is 2.04. The molecule has 0 radical (unpaired) electrons. The topological polar surface area (TPSA) is 71.8 Å². The fourth-order valence-corrected chi connectivity index (χ4v) is 1.39. The number of benzene rings is 1. The molecule has 0 aliphatic rings. The van der Waals surface area contributed by atoms with Crippen LogP contribution in [0.2, 0.25) is 0 Å². The van der Waals surface area contributed by atoms with Crippen molar-refractivity contribution in [3.05, 3.63) is 40.4 Å². The van der Waals surface area contributed by atoms with E-state index in [1.54, 1.807) is 6.07 Å². The zero-order valence-electron chi connectivity index (χ0n) is 8.06. The lowest BCUT2D eigenvalue weighted by Gasteiger charge is -2.00.